The molecule has 3 heteroatoms. The zero-order valence-corrected chi connectivity index (χ0v) is 7.83. The first-order valence-electron chi connectivity index (χ1n) is 5.24. The van der Waals surface area contributed by atoms with E-state index in [1.54, 1.807) is 0 Å². The quantitative estimate of drug-likeness (QED) is 0.665. The third-order valence-corrected chi connectivity index (χ3v) is 2.94. The average molecular weight is 183 g/mol. The van der Waals surface area contributed by atoms with Crippen molar-refractivity contribution in [1.29, 1.82) is 0 Å². The second-order valence-electron chi connectivity index (χ2n) is 4.30. The summed E-state index contributed by atoms with van der Waals surface area (Å²) in [6.45, 7) is 0. The molecule has 0 bridgehead atoms. The number of nitrogens with one attached hydrogen (secondary N) is 1. The number of hydrogen-bond acceptors (Lipinski definition) is 2. The molecule has 3 nitrogen and oxygen atoms in total. The van der Waals surface area contributed by atoms with Crippen LogP contribution in [0.5, 0.6) is 0 Å². The third kappa shape index (κ3) is 2.44. The van der Waals surface area contributed by atoms with Gasteiger partial charge in [-0.3, -0.25) is 4.79 Å². The van der Waals surface area contributed by atoms with Gasteiger partial charge in [-0.15, -0.1) is 0 Å². The molecule has 2 atom stereocenters. The summed E-state index contributed by atoms with van der Waals surface area (Å²) in [5.41, 5.74) is 0. The topological polar surface area (TPSA) is 49.3 Å². The molecule has 0 heterocycles. The standard InChI is InChI=1S/C10H17NO2/c12-9-3-1-2-8(6-9)11-10(13)7-4-5-7/h7-9,12H,1-6H2,(H,11,13). The fourth-order valence-electron chi connectivity index (χ4n) is 1.96. The highest BCUT2D eigenvalue weighted by molar-refractivity contribution is 5.81. The summed E-state index contributed by atoms with van der Waals surface area (Å²) in [4.78, 5) is 11.4. The van der Waals surface area contributed by atoms with Gasteiger partial charge in [-0.05, 0) is 38.5 Å². The van der Waals surface area contributed by atoms with Gasteiger partial charge in [0.2, 0.25) is 5.91 Å². The zero-order valence-electron chi connectivity index (χ0n) is 7.83. The summed E-state index contributed by atoms with van der Waals surface area (Å²) < 4.78 is 0. The van der Waals surface area contributed by atoms with Crippen molar-refractivity contribution in [3.8, 4) is 0 Å². The maximum absolute atomic E-state index is 11.4. The van der Waals surface area contributed by atoms with Crippen LogP contribution in [0.4, 0.5) is 0 Å². The van der Waals surface area contributed by atoms with Gasteiger partial charge in [0.05, 0.1) is 6.10 Å². The Labute approximate surface area is 78.5 Å². The lowest BCUT2D eigenvalue weighted by molar-refractivity contribution is -0.123. The molecule has 0 spiro atoms. The molecule has 1 amide bonds. The monoisotopic (exact) mass is 183 g/mol. The minimum absolute atomic E-state index is 0.196. The van der Waals surface area contributed by atoms with Crippen LogP contribution in [-0.4, -0.2) is 23.2 Å². The Morgan fingerprint density at radius 2 is 2.00 bits per heavy atom. The molecule has 2 rings (SSSR count). The first-order valence-corrected chi connectivity index (χ1v) is 5.24. The van der Waals surface area contributed by atoms with E-state index in [9.17, 15) is 9.90 Å². The number of aliphatic hydroxyl groups is 1. The smallest absolute Gasteiger partial charge is 0.223 e. The average Bonchev–Trinajstić information content (AvgIpc) is 2.85. The van der Waals surface area contributed by atoms with Crippen LogP contribution in [0.1, 0.15) is 38.5 Å². The van der Waals surface area contributed by atoms with Crippen molar-refractivity contribution in [3.05, 3.63) is 0 Å². The van der Waals surface area contributed by atoms with Gasteiger partial charge in [0.1, 0.15) is 0 Å². The van der Waals surface area contributed by atoms with Gasteiger partial charge in [-0.2, -0.15) is 0 Å². The fourth-order valence-corrected chi connectivity index (χ4v) is 1.96. The van der Waals surface area contributed by atoms with Gasteiger partial charge in [0.25, 0.3) is 0 Å². The molecule has 13 heavy (non-hydrogen) atoms. The summed E-state index contributed by atoms with van der Waals surface area (Å²) in [5, 5.41) is 12.4. The zero-order chi connectivity index (χ0) is 9.26. The maximum Gasteiger partial charge on any atom is 0.223 e. The van der Waals surface area contributed by atoms with Gasteiger partial charge in [-0.1, -0.05) is 0 Å². The van der Waals surface area contributed by atoms with Gasteiger partial charge in [0.15, 0.2) is 0 Å². The number of hydrogen-bond donors (Lipinski definition) is 2. The van der Waals surface area contributed by atoms with Crippen LogP contribution >= 0.6 is 0 Å². The van der Waals surface area contributed by atoms with E-state index in [0.717, 1.165) is 38.5 Å². The van der Waals surface area contributed by atoms with E-state index in [1.807, 2.05) is 0 Å². The second kappa shape index (κ2) is 3.66. The fraction of sp³-hybridized carbons (Fsp3) is 0.900. The Morgan fingerprint density at radius 3 is 2.62 bits per heavy atom. The second-order valence-corrected chi connectivity index (χ2v) is 4.30. The Morgan fingerprint density at radius 1 is 1.23 bits per heavy atom. The van der Waals surface area contributed by atoms with E-state index < -0.39 is 0 Å². The summed E-state index contributed by atoms with van der Waals surface area (Å²) in [6, 6.07) is 0.233. The number of aliphatic hydroxyl groups excluding tert-OH is 1. The molecule has 2 aliphatic carbocycles. The minimum atomic E-state index is -0.196. The summed E-state index contributed by atoms with van der Waals surface area (Å²) in [7, 11) is 0. The molecular formula is C10H17NO2. The van der Waals surface area contributed by atoms with E-state index in [-0.39, 0.29) is 18.1 Å². The molecular weight excluding hydrogens is 166 g/mol. The molecule has 2 saturated carbocycles. The lowest BCUT2D eigenvalue weighted by atomic mass is 9.93. The largest absolute Gasteiger partial charge is 0.393 e. The Bertz CT molecular complexity index is 201. The number of carbonyl (C=O) groups excluding carboxylic acids is 1. The molecule has 0 aromatic carbocycles. The van der Waals surface area contributed by atoms with Crippen LogP contribution in [0.2, 0.25) is 0 Å². The molecule has 0 aliphatic heterocycles. The van der Waals surface area contributed by atoms with Crippen LogP contribution in [0.25, 0.3) is 0 Å². The molecule has 0 saturated heterocycles. The van der Waals surface area contributed by atoms with Crippen LogP contribution < -0.4 is 5.32 Å². The SMILES string of the molecule is O=C(NC1CCCC(O)C1)C1CC1. The van der Waals surface area contributed by atoms with Crippen molar-refractivity contribution < 1.29 is 9.90 Å². The molecule has 74 valence electrons. The molecule has 0 aromatic heterocycles. The summed E-state index contributed by atoms with van der Waals surface area (Å²) in [6.07, 6.45) is 5.64. The molecule has 2 unspecified atom stereocenters. The first kappa shape index (κ1) is 9.00. The summed E-state index contributed by atoms with van der Waals surface area (Å²) in [5.74, 6) is 0.498. The Hall–Kier alpha value is -0.570. The van der Waals surface area contributed by atoms with Crippen molar-refractivity contribution >= 4 is 5.91 Å². The van der Waals surface area contributed by atoms with Crippen molar-refractivity contribution in [2.75, 3.05) is 0 Å². The molecule has 2 N–H and O–H groups in total. The van der Waals surface area contributed by atoms with Crippen molar-refractivity contribution in [3.63, 3.8) is 0 Å². The molecule has 2 aliphatic rings. The van der Waals surface area contributed by atoms with Crippen LogP contribution in [0.3, 0.4) is 0 Å². The number of amides is 1. The predicted octanol–water partition coefficient (Wildman–Crippen LogP) is 0.816. The first-order chi connectivity index (χ1) is 6.25. The number of rotatable bonds is 2. The van der Waals surface area contributed by atoms with E-state index in [0.29, 0.717) is 5.92 Å². The van der Waals surface area contributed by atoms with Crippen molar-refractivity contribution in [1.82, 2.24) is 5.32 Å². The van der Waals surface area contributed by atoms with Gasteiger partial charge in [0, 0.05) is 12.0 Å². The summed E-state index contributed by atoms with van der Waals surface area (Å²) >= 11 is 0. The Kier molecular flexibility index (Phi) is 2.54. The molecule has 0 radical (unpaired) electrons. The lowest BCUT2D eigenvalue weighted by Crippen LogP contribution is -2.40. The van der Waals surface area contributed by atoms with Crippen LogP contribution in [0.15, 0.2) is 0 Å². The van der Waals surface area contributed by atoms with Gasteiger partial charge in [-0.25, -0.2) is 0 Å². The highest BCUT2D eigenvalue weighted by Gasteiger charge is 2.31. The molecule has 0 aromatic rings. The van der Waals surface area contributed by atoms with E-state index in [1.165, 1.54) is 0 Å². The van der Waals surface area contributed by atoms with Gasteiger partial charge < -0.3 is 10.4 Å². The van der Waals surface area contributed by atoms with Crippen molar-refractivity contribution in [2.45, 2.75) is 50.7 Å². The Balaban J connectivity index is 1.76. The molecule has 2 fully saturated rings. The van der Waals surface area contributed by atoms with E-state index in [2.05, 4.69) is 5.32 Å². The van der Waals surface area contributed by atoms with Crippen LogP contribution in [0, 0.1) is 5.92 Å². The van der Waals surface area contributed by atoms with E-state index in [4.69, 9.17) is 0 Å². The highest BCUT2D eigenvalue weighted by Crippen LogP contribution is 2.29. The highest BCUT2D eigenvalue weighted by atomic mass is 16.3. The lowest BCUT2D eigenvalue weighted by Gasteiger charge is -2.26. The van der Waals surface area contributed by atoms with Gasteiger partial charge >= 0.3 is 0 Å². The normalized spacial score (nSPS) is 34.2. The third-order valence-electron chi connectivity index (χ3n) is 2.94. The number of carbonyl (C=O) groups is 1. The minimum Gasteiger partial charge on any atom is -0.393 e. The van der Waals surface area contributed by atoms with E-state index >= 15 is 0 Å². The van der Waals surface area contributed by atoms with Crippen molar-refractivity contribution in [2.24, 2.45) is 5.92 Å². The predicted molar refractivity (Wildman–Crippen MR) is 49.1 cm³/mol. The maximum atomic E-state index is 11.4. The van der Waals surface area contributed by atoms with Crippen LogP contribution in [-0.2, 0) is 4.79 Å².